The van der Waals surface area contributed by atoms with E-state index in [2.05, 4.69) is 38.8 Å². The number of nitrogens with zero attached hydrogens (tertiary/aromatic N) is 2. The Bertz CT molecular complexity index is 583. The largest absolute Gasteiger partial charge is 0.356 e. The van der Waals surface area contributed by atoms with Gasteiger partial charge >= 0.3 is 0 Å². The van der Waals surface area contributed by atoms with E-state index in [0.717, 1.165) is 43.3 Å². The van der Waals surface area contributed by atoms with Gasteiger partial charge in [0.2, 0.25) is 0 Å². The average molecular weight is 302 g/mol. The fourth-order valence-corrected chi connectivity index (χ4v) is 3.27. The van der Waals surface area contributed by atoms with Crippen LogP contribution in [0.25, 0.3) is 10.2 Å². The lowest BCUT2D eigenvalue weighted by molar-refractivity contribution is 0.713. The van der Waals surface area contributed by atoms with E-state index < -0.39 is 0 Å². The summed E-state index contributed by atoms with van der Waals surface area (Å²) < 4.78 is 1.28. The standard InChI is InChI=1S/C16H22N4S/c1-17-16(19-11-12-8-9-12)18-10-4-7-15-20-13-5-2-3-6-14(13)21-15/h2-3,5-6,12H,4,7-11H2,1H3,(H2,17,18,19). The number of hydrogen-bond donors (Lipinski definition) is 2. The summed E-state index contributed by atoms with van der Waals surface area (Å²) in [5, 5.41) is 7.97. The molecule has 1 aromatic heterocycles. The minimum absolute atomic E-state index is 0.867. The third-order valence-electron chi connectivity index (χ3n) is 3.68. The molecule has 1 heterocycles. The highest BCUT2D eigenvalue weighted by molar-refractivity contribution is 7.18. The van der Waals surface area contributed by atoms with Gasteiger partial charge in [-0.25, -0.2) is 4.98 Å². The number of fused-ring (bicyclic) bond motifs is 1. The van der Waals surface area contributed by atoms with Crippen LogP contribution in [0, 0.1) is 5.92 Å². The smallest absolute Gasteiger partial charge is 0.190 e. The summed E-state index contributed by atoms with van der Waals surface area (Å²) in [6.45, 7) is 1.98. The van der Waals surface area contributed by atoms with Gasteiger partial charge in [-0.3, -0.25) is 4.99 Å². The zero-order valence-electron chi connectivity index (χ0n) is 12.4. The van der Waals surface area contributed by atoms with E-state index >= 15 is 0 Å². The van der Waals surface area contributed by atoms with Gasteiger partial charge in [-0.15, -0.1) is 11.3 Å². The van der Waals surface area contributed by atoms with Gasteiger partial charge in [0.15, 0.2) is 5.96 Å². The van der Waals surface area contributed by atoms with Crippen molar-refractivity contribution < 1.29 is 0 Å². The highest BCUT2D eigenvalue weighted by atomic mass is 32.1. The molecule has 1 fully saturated rings. The lowest BCUT2D eigenvalue weighted by Gasteiger charge is -2.10. The first kappa shape index (κ1) is 14.3. The van der Waals surface area contributed by atoms with Gasteiger partial charge < -0.3 is 10.6 Å². The molecule has 5 heteroatoms. The van der Waals surface area contributed by atoms with Crippen LogP contribution in [0.4, 0.5) is 0 Å². The van der Waals surface area contributed by atoms with Crippen molar-refractivity contribution in [2.45, 2.75) is 25.7 Å². The fourth-order valence-electron chi connectivity index (χ4n) is 2.26. The predicted molar refractivity (Wildman–Crippen MR) is 90.0 cm³/mol. The number of guanidine groups is 1. The van der Waals surface area contributed by atoms with Crippen molar-refractivity contribution >= 4 is 27.5 Å². The molecular weight excluding hydrogens is 280 g/mol. The third-order valence-corrected chi connectivity index (χ3v) is 4.77. The van der Waals surface area contributed by atoms with Gasteiger partial charge in [0.25, 0.3) is 0 Å². The Labute approximate surface area is 129 Å². The first-order valence-electron chi connectivity index (χ1n) is 7.64. The Balaban J connectivity index is 1.40. The number of thiazole rings is 1. The van der Waals surface area contributed by atoms with E-state index in [1.54, 1.807) is 11.3 Å². The lowest BCUT2D eigenvalue weighted by atomic mass is 10.3. The summed E-state index contributed by atoms with van der Waals surface area (Å²) in [6, 6.07) is 8.33. The van der Waals surface area contributed by atoms with E-state index in [9.17, 15) is 0 Å². The van der Waals surface area contributed by atoms with Crippen molar-refractivity contribution in [1.82, 2.24) is 15.6 Å². The number of aromatic nitrogens is 1. The number of benzene rings is 1. The number of rotatable bonds is 6. The molecule has 0 atom stereocenters. The molecule has 0 radical (unpaired) electrons. The minimum Gasteiger partial charge on any atom is -0.356 e. The predicted octanol–water partition coefficient (Wildman–Crippen LogP) is 2.80. The Morgan fingerprint density at radius 3 is 2.95 bits per heavy atom. The SMILES string of the molecule is CN=C(NCCCc1nc2ccccc2s1)NCC1CC1. The van der Waals surface area contributed by atoms with E-state index in [1.165, 1.54) is 22.5 Å². The number of nitrogens with one attached hydrogen (secondary N) is 2. The zero-order chi connectivity index (χ0) is 14.5. The maximum absolute atomic E-state index is 4.66. The molecule has 2 N–H and O–H groups in total. The Morgan fingerprint density at radius 2 is 2.19 bits per heavy atom. The van der Waals surface area contributed by atoms with Crippen molar-refractivity contribution in [3.63, 3.8) is 0 Å². The van der Waals surface area contributed by atoms with Gasteiger partial charge in [-0.05, 0) is 37.3 Å². The van der Waals surface area contributed by atoms with E-state index in [0.29, 0.717) is 0 Å². The fraction of sp³-hybridized carbons (Fsp3) is 0.500. The molecular formula is C16H22N4S. The number of aliphatic imine (C=N–C) groups is 1. The summed E-state index contributed by atoms with van der Waals surface area (Å²) in [6.07, 6.45) is 4.82. The average Bonchev–Trinajstić information content (AvgIpc) is 3.24. The van der Waals surface area contributed by atoms with Crippen molar-refractivity contribution in [2.24, 2.45) is 10.9 Å². The molecule has 1 aromatic carbocycles. The molecule has 0 amide bonds. The van der Waals surface area contributed by atoms with Crippen LogP contribution >= 0.6 is 11.3 Å². The van der Waals surface area contributed by atoms with Crippen molar-refractivity contribution in [2.75, 3.05) is 20.1 Å². The van der Waals surface area contributed by atoms with Crippen LogP contribution in [0.15, 0.2) is 29.3 Å². The zero-order valence-corrected chi connectivity index (χ0v) is 13.2. The van der Waals surface area contributed by atoms with Crippen LogP contribution < -0.4 is 10.6 Å². The summed E-state index contributed by atoms with van der Waals surface area (Å²) in [4.78, 5) is 8.91. The molecule has 2 aromatic rings. The quantitative estimate of drug-likeness (QED) is 0.490. The van der Waals surface area contributed by atoms with Crippen LogP contribution in [0.5, 0.6) is 0 Å². The molecule has 4 nitrogen and oxygen atoms in total. The second-order valence-corrected chi connectivity index (χ2v) is 6.62. The van der Waals surface area contributed by atoms with Crippen LogP contribution in [0.3, 0.4) is 0 Å². The first-order chi connectivity index (χ1) is 10.3. The maximum Gasteiger partial charge on any atom is 0.190 e. The van der Waals surface area contributed by atoms with Gasteiger partial charge in [0.1, 0.15) is 0 Å². The molecule has 0 aliphatic heterocycles. The number of aryl methyl sites for hydroxylation is 1. The van der Waals surface area contributed by atoms with Crippen molar-refractivity contribution in [3.8, 4) is 0 Å². The Kier molecular flexibility index (Phi) is 4.70. The monoisotopic (exact) mass is 302 g/mol. The molecule has 1 aliphatic rings. The lowest BCUT2D eigenvalue weighted by Crippen LogP contribution is -2.38. The summed E-state index contributed by atoms with van der Waals surface area (Å²) in [5.41, 5.74) is 1.12. The second-order valence-electron chi connectivity index (χ2n) is 5.50. The molecule has 0 spiro atoms. The van der Waals surface area contributed by atoms with Gasteiger partial charge in [-0.1, -0.05) is 12.1 Å². The second kappa shape index (κ2) is 6.89. The van der Waals surface area contributed by atoms with E-state index in [-0.39, 0.29) is 0 Å². The van der Waals surface area contributed by atoms with Crippen molar-refractivity contribution in [1.29, 1.82) is 0 Å². The Morgan fingerprint density at radius 1 is 1.33 bits per heavy atom. The Hall–Kier alpha value is -1.62. The third kappa shape index (κ3) is 4.17. The van der Waals surface area contributed by atoms with Crippen LogP contribution in [-0.4, -0.2) is 31.1 Å². The topological polar surface area (TPSA) is 49.3 Å². The molecule has 1 saturated carbocycles. The van der Waals surface area contributed by atoms with Crippen molar-refractivity contribution in [3.05, 3.63) is 29.3 Å². The summed E-state index contributed by atoms with van der Waals surface area (Å²) in [5.74, 6) is 1.79. The molecule has 0 bridgehead atoms. The van der Waals surface area contributed by atoms with Gasteiger partial charge in [0, 0.05) is 26.6 Å². The highest BCUT2D eigenvalue weighted by Crippen LogP contribution is 2.27. The van der Waals surface area contributed by atoms with E-state index in [4.69, 9.17) is 0 Å². The number of hydrogen-bond acceptors (Lipinski definition) is 3. The summed E-state index contributed by atoms with van der Waals surface area (Å²) >= 11 is 1.80. The normalized spacial score (nSPS) is 15.4. The van der Waals surface area contributed by atoms with Gasteiger partial charge in [0.05, 0.1) is 15.2 Å². The molecule has 0 unspecified atom stereocenters. The first-order valence-corrected chi connectivity index (χ1v) is 8.46. The van der Waals surface area contributed by atoms with Crippen LogP contribution in [0.2, 0.25) is 0 Å². The molecule has 112 valence electrons. The molecule has 21 heavy (non-hydrogen) atoms. The molecule has 3 rings (SSSR count). The van der Waals surface area contributed by atoms with Crippen LogP contribution in [0.1, 0.15) is 24.3 Å². The molecule has 0 saturated heterocycles. The minimum atomic E-state index is 0.867. The maximum atomic E-state index is 4.66. The number of para-hydroxylation sites is 1. The molecule has 1 aliphatic carbocycles. The van der Waals surface area contributed by atoms with Gasteiger partial charge in [-0.2, -0.15) is 0 Å². The summed E-state index contributed by atoms with van der Waals surface area (Å²) in [7, 11) is 1.83. The highest BCUT2D eigenvalue weighted by Gasteiger charge is 2.20. The van der Waals surface area contributed by atoms with Crippen LogP contribution in [-0.2, 0) is 6.42 Å². The van der Waals surface area contributed by atoms with E-state index in [1.807, 2.05) is 13.1 Å².